The molecule has 0 saturated heterocycles. The molecule has 0 aliphatic heterocycles. The van der Waals surface area contributed by atoms with E-state index in [1.807, 2.05) is 13.8 Å². The van der Waals surface area contributed by atoms with Crippen LogP contribution in [0.3, 0.4) is 0 Å². The summed E-state index contributed by atoms with van der Waals surface area (Å²) in [6.45, 7) is 3.89. The van der Waals surface area contributed by atoms with Gasteiger partial charge in [-0.25, -0.2) is 8.42 Å². The quantitative estimate of drug-likeness (QED) is 0.786. The highest BCUT2D eigenvalue weighted by molar-refractivity contribution is 7.91. The Balaban J connectivity index is 2.49. The van der Waals surface area contributed by atoms with Gasteiger partial charge in [-0.1, -0.05) is 32.0 Å². The van der Waals surface area contributed by atoms with E-state index in [0.29, 0.717) is 6.54 Å². The molecule has 0 aliphatic rings. The second-order valence-corrected chi connectivity index (χ2v) is 7.59. The normalized spacial score (nSPS) is 12.2. The van der Waals surface area contributed by atoms with E-state index in [2.05, 4.69) is 5.32 Å². The zero-order chi connectivity index (χ0) is 15.2. The molecule has 112 valence electrons. The molecule has 20 heavy (non-hydrogen) atoms. The molecule has 0 fully saturated rings. The van der Waals surface area contributed by atoms with E-state index < -0.39 is 15.3 Å². The van der Waals surface area contributed by atoms with Gasteiger partial charge in [-0.15, -0.1) is 0 Å². The third kappa shape index (κ3) is 5.30. The summed E-state index contributed by atoms with van der Waals surface area (Å²) in [6.07, 6.45) is -0.0846. The number of aliphatic hydroxyl groups excluding tert-OH is 1. The fraction of sp³-hybridized carbons (Fsp3) is 0.500. The molecule has 0 bridgehead atoms. The average Bonchev–Trinajstić information content (AvgIpc) is 2.44. The first-order chi connectivity index (χ1) is 9.27. The third-order valence-corrected chi connectivity index (χ3v) is 4.62. The highest BCUT2D eigenvalue weighted by atomic mass is 32.2. The Labute approximate surface area is 119 Å². The van der Waals surface area contributed by atoms with Crippen LogP contribution in [-0.2, 0) is 14.6 Å². The van der Waals surface area contributed by atoms with Gasteiger partial charge in [0, 0.05) is 25.0 Å². The molecular weight excluding hydrogens is 278 g/mol. The van der Waals surface area contributed by atoms with Crippen LogP contribution in [0, 0.1) is 5.41 Å². The van der Waals surface area contributed by atoms with Crippen molar-refractivity contribution >= 4 is 15.7 Å². The fourth-order valence-corrected chi connectivity index (χ4v) is 2.72. The lowest BCUT2D eigenvalue weighted by molar-refractivity contribution is -0.121. The van der Waals surface area contributed by atoms with Crippen LogP contribution >= 0.6 is 0 Å². The monoisotopic (exact) mass is 299 g/mol. The maximum absolute atomic E-state index is 12.0. The number of carbonyl (C=O) groups is 1. The van der Waals surface area contributed by atoms with E-state index in [-0.39, 0.29) is 29.6 Å². The van der Waals surface area contributed by atoms with Crippen molar-refractivity contribution in [1.29, 1.82) is 0 Å². The molecule has 1 rings (SSSR count). The number of hydrogen-bond donors (Lipinski definition) is 2. The third-order valence-electron chi connectivity index (χ3n) is 2.89. The van der Waals surface area contributed by atoms with Crippen molar-refractivity contribution in [3.8, 4) is 0 Å². The molecule has 0 unspecified atom stereocenters. The Morgan fingerprint density at radius 2 is 1.85 bits per heavy atom. The van der Waals surface area contributed by atoms with E-state index in [1.165, 1.54) is 12.1 Å². The summed E-state index contributed by atoms with van der Waals surface area (Å²) in [6, 6.07) is 8.07. The Morgan fingerprint density at radius 1 is 1.25 bits per heavy atom. The Hall–Kier alpha value is -1.40. The van der Waals surface area contributed by atoms with Gasteiger partial charge < -0.3 is 10.4 Å². The van der Waals surface area contributed by atoms with Crippen LogP contribution in [-0.4, -0.2) is 38.3 Å². The molecule has 0 spiro atoms. The number of benzene rings is 1. The highest BCUT2D eigenvalue weighted by Gasteiger charge is 2.19. The van der Waals surface area contributed by atoms with Crippen LogP contribution in [0.5, 0.6) is 0 Å². The Kier molecular flexibility index (Phi) is 5.71. The molecule has 1 amide bonds. The maximum atomic E-state index is 12.0. The zero-order valence-electron chi connectivity index (χ0n) is 11.8. The van der Waals surface area contributed by atoms with Crippen LogP contribution in [0.1, 0.15) is 20.3 Å². The first-order valence-corrected chi connectivity index (χ1v) is 8.07. The van der Waals surface area contributed by atoms with E-state index >= 15 is 0 Å². The number of amides is 1. The summed E-state index contributed by atoms with van der Waals surface area (Å²) in [7, 11) is -3.42. The molecule has 5 nitrogen and oxygen atoms in total. The molecule has 1 aromatic rings. The first kappa shape index (κ1) is 16.7. The predicted octanol–water partition coefficient (Wildman–Crippen LogP) is 0.985. The van der Waals surface area contributed by atoms with Gasteiger partial charge in [0.25, 0.3) is 0 Å². The number of sulfone groups is 1. The Morgan fingerprint density at radius 3 is 2.40 bits per heavy atom. The summed E-state index contributed by atoms with van der Waals surface area (Å²) in [4.78, 5) is 11.9. The zero-order valence-corrected chi connectivity index (χ0v) is 12.6. The van der Waals surface area contributed by atoms with Gasteiger partial charge in [-0.2, -0.15) is 0 Å². The van der Waals surface area contributed by atoms with E-state index in [1.54, 1.807) is 18.2 Å². The summed E-state index contributed by atoms with van der Waals surface area (Å²) in [5, 5.41) is 11.7. The molecule has 0 saturated carbocycles. The van der Waals surface area contributed by atoms with Gasteiger partial charge >= 0.3 is 0 Å². The van der Waals surface area contributed by atoms with Crippen molar-refractivity contribution < 1.29 is 18.3 Å². The lowest BCUT2D eigenvalue weighted by Crippen LogP contribution is -2.36. The van der Waals surface area contributed by atoms with Crippen LogP contribution in [0.2, 0.25) is 0 Å². The van der Waals surface area contributed by atoms with Crippen molar-refractivity contribution in [3.05, 3.63) is 30.3 Å². The van der Waals surface area contributed by atoms with E-state index in [0.717, 1.165) is 0 Å². The minimum Gasteiger partial charge on any atom is -0.396 e. The topological polar surface area (TPSA) is 83.5 Å². The lowest BCUT2D eigenvalue weighted by Gasteiger charge is -2.21. The van der Waals surface area contributed by atoms with Gasteiger partial charge in [0.2, 0.25) is 5.91 Å². The summed E-state index contributed by atoms with van der Waals surface area (Å²) in [5.74, 6) is -0.548. The van der Waals surface area contributed by atoms with E-state index in [9.17, 15) is 13.2 Å². The number of hydrogen-bond acceptors (Lipinski definition) is 4. The molecule has 0 heterocycles. The molecule has 6 heteroatoms. The predicted molar refractivity (Wildman–Crippen MR) is 77.0 cm³/mol. The minimum absolute atomic E-state index is 0.0460. The molecule has 0 radical (unpaired) electrons. The molecule has 2 N–H and O–H groups in total. The standard InChI is InChI=1S/C14H21NO4S/c1-14(2,11-16)10-15-13(17)8-9-20(18,19)12-6-4-3-5-7-12/h3-7,16H,8-11H2,1-2H3,(H,15,17). The largest absolute Gasteiger partial charge is 0.396 e. The SMILES string of the molecule is CC(C)(CO)CNC(=O)CCS(=O)(=O)c1ccccc1. The first-order valence-electron chi connectivity index (χ1n) is 6.42. The van der Waals surface area contributed by atoms with Crippen molar-refractivity contribution in [2.75, 3.05) is 18.9 Å². The maximum Gasteiger partial charge on any atom is 0.221 e. The van der Waals surface area contributed by atoms with Gasteiger partial charge in [-0.05, 0) is 12.1 Å². The molecular formula is C14H21NO4S. The highest BCUT2D eigenvalue weighted by Crippen LogP contribution is 2.12. The number of rotatable bonds is 7. The second kappa shape index (κ2) is 6.85. The fourth-order valence-electron chi connectivity index (χ4n) is 1.45. The second-order valence-electron chi connectivity index (χ2n) is 5.48. The summed E-state index contributed by atoms with van der Waals surface area (Å²) >= 11 is 0. The average molecular weight is 299 g/mol. The van der Waals surface area contributed by atoms with Gasteiger partial charge in [0.15, 0.2) is 9.84 Å². The molecule has 1 aromatic carbocycles. The summed E-state index contributed by atoms with van der Waals surface area (Å²) in [5.41, 5.74) is -0.409. The van der Waals surface area contributed by atoms with Gasteiger partial charge in [0.05, 0.1) is 10.6 Å². The smallest absolute Gasteiger partial charge is 0.221 e. The van der Waals surface area contributed by atoms with Crippen molar-refractivity contribution in [1.82, 2.24) is 5.32 Å². The van der Waals surface area contributed by atoms with Crippen molar-refractivity contribution in [3.63, 3.8) is 0 Å². The van der Waals surface area contributed by atoms with Crippen LogP contribution < -0.4 is 5.32 Å². The van der Waals surface area contributed by atoms with Gasteiger partial charge in [-0.3, -0.25) is 4.79 Å². The van der Waals surface area contributed by atoms with E-state index in [4.69, 9.17) is 5.11 Å². The molecule has 0 aromatic heterocycles. The molecule has 0 aliphatic carbocycles. The lowest BCUT2D eigenvalue weighted by atomic mass is 9.95. The van der Waals surface area contributed by atoms with Crippen molar-refractivity contribution in [2.24, 2.45) is 5.41 Å². The van der Waals surface area contributed by atoms with Crippen molar-refractivity contribution in [2.45, 2.75) is 25.2 Å². The van der Waals surface area contributed by atoms with Crippen LogP contribution in [0.4, 0.5) is 0 Å². The summed E-state index contributed by atoms with van der Waals surface area (Å²) < 4.78 is 23.9. The number of carbonyl (C=O) groups excluding carboxylic acids is 1. The number of nitrogens with one attached hydrogen (secondary N) is 1. The minimum atomic E-state index is -3.42. The van der Waals surface area contributed by atoms with Crippen LogP contribution in [0.15, 0.2) is 35.2 Å². The van der Waals surface area contributed by atoms with Crippen LogP contribution in [0.25, 0.3) is 0 Å². The Bertz CT molecular complexity index is 538. The van der Waals surface area contributed by atoms with Gasteiger partial charge in [0.1, 0.15) is 0 Å². The number of aliphatic hydroxyl groups is 1. The molecule has 0 atom stereocenters.